The maximum atomic E-state index is 12.8. The first kappa shape index (κ1) is 18.2. The van der Waals surface area contributed by atoms with Crippen LogP contribution in [0.3, 0.4) is 0 Å². The van der Waals surface area contributed by atoms with Crippen molar-refractivity contribution in [3.05, 3.63) is 35.4 Å². The number of alkyl halides is 3. The van der Waals surface area contributed by atoms with Gasteiger partial charge in [0.1, 0.15) is 0 Å². The molecule has 2 atom stereocenters. The third-order valence-corrected chi connectivity index (χ3v) is 4.88. The molecule has 25 heavy (non-hydrogen) atoms. The minimum atomic E-state index is -4.40. The molecule has 2 heterocycles. The Hall–Kier alpha value is -1.60. The van der Waals surface area contributed by atoms with Crippen molar-refractivity contribution in [1.82, 2.24) is 10.2 Å². The second kappa shape index (κ2) is 7.74. The average molecular weight is 356 g/mol. The van der Waals surface area contributed by atoms with E-state index in [1.54, 1.807) is 6.07 Å². The van der Waals surface area contributed by atoms with E-state index in [9.17, 15) is 18.0 Å². The summed E-state index contributed by atoms with van der Waals surface area (Å²) >= 11 is 0. The largest absolute Gasteiger partial charge is 0.416 e. The first-order valence-corrected chi connectivity index (χ1v) is 8.71. The molecule has 0 aliphatic carbocycles. The number of nitrogens with one attached hydrogen (secondary N) is 1. The van der Waals surface area contributed by atoms with Gasteiger partial charge in [0, 0.05) is 0 Å². The van der Waals surface area contributed by atoms with Gasteiger partial charge in [-0.05, 0) is 37.6 Å². The van der Waals surface area contributed by atoms with Crippen LogP contribution >= 0.6 is 0 Å². The molecular weight excluding hydrogens is 333 g/mol. The van der Waals surface area contributed by atoms with Crippen molar-refractivity contribution in [3.8, 4) is 0 Å². The third-order valence-electron chi connectivity index (χ3n) is 4.88. The molecule has 0 saturated carbocycles. The normalized spacial score (nSPS) is 25.1. The molecule has 1 aromatic rings. The van der Waals surface area contributed by atoms with Crippen LogP contribution in [0.25, 0.3) is 0 Å². The molecule has 0 spiro atoms. The molecule has 138 valence electrons. The van der Waals surface area contributed by atoms with Gasteiger partial charge in [-0.1, -0.05) is 24.6 Å². The number of carbonyl (C=O) groups excluding carboxylic acids is 1. The maximum absolute atomic E-state index is 12.8. The number of carbonyl (C=O) groups is 1. The average Bonchev–Trinajstić information content (AvgIpc) is 3.03. The van der Waals surface area contributed by atoms with Crippen LogP contribution < -0.4 is 5.32 Å². The molecule has 7 heteroatoms. The van der Waals surface area contributed by atoms with Gasteiger partial charge in [0.05, 0.1) is 37.3 Å². The minimum Gasteiger partial charge on any atom is -0.378 e. The molecule has 1 amide bonds. The van der Waals surface area contributed by atoms with Crippen molar-refractivity contribution >= 4 is 5.91 Å². The van der Waals surface area contributed by atoms with E-state index in [0.717, 1.165) is 38.1 Å². The highest BCUT2D eigenvalue weighted by molar-refractivity contribution is 5.79. The zero-order valence-electron chi connectivity index (χ0n) is 14.0. The van der Waals surface area contributed by atoms with Crippen LogP contribution in [-0.2, 0) is 22.1 Å². The number of nitrogens with zero attached hydrogens (tertiary/aromatic N) is 1. The van der Waals surface area contributed by atoms with Gasteiger partial charge in [0.15, 0.2) is 0 Å². The Labute approximate surface area is 145 Å². The lowest BCUT2D eigenvalue weighted by Gasteiger charge is -2.34. The zero-order chi connectivity index (χ0) is 17.9. The van der Waals surface area contributed by atoms with Gasteiger partial charge in [-0.15, -0.1) is 0 Å². The van der Waals surface area contributed by atoms with Gasteiger partial charge in [-0.25, -0.2) is 0 Å². The second-order valence-corrected chi connectivity index (χ2v) is 6.75. The molecule has 0 unspecified atom stereocenters. The fourth-order valence-electron chi connectivity index (χ4n) is 3.59. The van der Waals surface area contributed by atoms with Gasteiger partial charge >= 0.3 is 6.18 Å². The zero-order valence-corrected chi connectivity index (χ0v) is 14.0. The molecule has 2 fully saturated rings. The summed E-state index contributed by atoms with van der Waals surface area (Å²) in [5.41, 5.74) is -0.367. The molecule has 2 aliphatic heterocycles. The summed E-state index contributed by atoms with van der Waals surface area (Å²) in [4.78, 5) is 14.6. The van der Waals surface area contributed by atoms with E-state index in [1.807, 2.05) is 0 Å². The lowest BCUT2D eigenvalue weighted by atomic mass is 10.0. The number of rotatable bonds is 4. The third kappa shape index (κ3) is 4.73. The van der Waals surface area contributed by atoms with Crippen LogP contribution in [0.5, 0.6) is 0 Å². The van der Waals surface area contributed by atoms with Crippen molar-refractivity contribution in [2.45, 2.75) is 43.9 Å². The Morgan fingerprint density at radius 2 is 1.96 bits per heavy atom. The first-order valence-electron chi connectivity index (χ1n) is 8.71. The minimum absolute atomic E-state index is 0.0624. The number of hydrogen-bond donors (Lipinski definition) is 1. The summed E-state index contributed by atoms with van der Waals surface area (Å²) in [6.45, 7) is 3.06. The van der Waals surface area contributed by atoms with E-state index < -0.39 is 11.7 Å². The Kier molecular flexibility index (Phi) is 5.64. The molecule has 1 N–H and O–H groups in total. The number of benzene rings is 1. The summed E-state index contributed by atoms with van der Waals surface area (Å²) < 4.78 is 43.8. The predicted octanol–water partition coefficient (Wildman–Crippen LogP) is 2.62. The van der Waals surface area contributed by atoms with Crippen LogP contribution in [0, 0.1) is 0 Å². The van der Waals surface area contributed by atoms with Gasteiger partial charge in [-0.2, -0.15) is 13.2 Å². The maximum Gasteiger partial charge on any atom is 0.416 e. The number of ether oxygens (including phenoxy) is 1. The molecule has 0 aromatic heterocycles. The highest BCUT2D eigenvalue weighted by Crippen LogP contribution is 2.29. The number of hydrogen-bond acceptors (Lipinski definition) is 3. The van der Waals surface area contributed by atoms with Crippen LogP contribution in [0.15, 0.2) is 24.3 Å². The molecule has 2 saturated heterocycles. The number of likely N-dealkylation sites (tertiary alicyclic amines) is 1. The second-order valence-electron chi connectivity index (χ2n) is 6.75. The number of halogens is 3. The Balaban J connectivity index is 1.58. The molecule has 0 radical (unpaired) electrons. The van der Waals surface area contributed by atoms with Crippen molar-refractivity contribution in [1.29, 1.82) is 0 Å². The number of piperidine rings is 1. The standard InChI is InChI=1S/C18H23F3N2O2/c19-18(20,21)14-6-4-5-13(9-14)10-17(24)22-15-11-25-12-16(15)23-7-2-1-3-8-23/h4-6,9,15-16H,1-3,7-8,10-12H2,(H,22,24)/t15-,16-/m0/s1. The summed E-state index contributed by atoms with van der Waals surface area (Å²) in [5, 5.41) is 2.95. The van der Waals surface area contributed by atoms with Crippen molar-refractivity contribution in [2.24, 2.45) is 0 Å². The van der Waals surface area contributed by atoms with Gasteiger partial charge < -0.3 is 10.1 Å². The van der Waals surface area contributed by atoms with E-state index in [-0.39, 0.29) is 24.4 Å². The smallest absolute Gasteiger partial charge is 0.378 e. The molecule has 2 aliphatic rings. The fraction of sp³-hybridized carbons (Fsp3) is 0.611. The summed E-state index contributed by atoms with van der Waals surface area (Å²) in [6, 6.07) is 4.98. The lowest BCUT2D eigenvalue weighted by Crippen LogP contribution is -2.52. The Morgan fingerprint density at radius 1 is 1.20 bits per heavy atom. The van der Waals surface area contributed by atoms with Crippen LogP contribution in [0.2, 0.25) is 0 Å². The summed E-state index contributed by atoms with van der Waals surface area (Å²) in [7, 11) is 0. The summed E-state index contributed by atoms with van der Waals surface area (Å²) in [5.74, 6) is -0.267. The SMILES string of the molecule is O=C(Cc1cccc(C(F)(F)F)c1)N[C@H]1COC[C@@H]1N1CCCCC1. The number of amides is 1. The van der Waals surface area contributed by atoms with Gasteiger partial charge in [0.2, 0.25) is 5.91 Å². The van der Waals surface area contributed by atoms with Crippen molar-refractivity contribution in [2.75, 3.05) is 26.3 Å². The van der Waals surface area contributed by atoms with E-state index in [0.29, 0.717) is 18.8 Å². The topological polar surface area (TPSA) is 41.6 Å². The van der Waals surface area contributed by atoms with E-state index in [1.165, 1.54) is 12.5 Å². The molecule has 0 bridgehead atoms. The van der Waals surface area contributed by atoms with Crippen molar-refractivity contribution < 1.29 is 22.7 Å². The monoisotopic (exact) mass is 356 g/mol. The fourth-order valence-corrected chi connectivity index (χ4v) is 3.59. The summed E-state index contributed by atoms with van der Waals surface area (Å²) in [6.07, 6.45) is -0.919. The molecular formula is C18H23F3N2O2. The molecule has 1 aromatic carbocycles. The Morgan fingerprint density at radius 3 is 2.68 bits per heavy atom. The highest BCUT2D eigenvalue weighted by atomic mass is 19.4. The molecule has 4 nitrogen and oxygen atoms in total. The van der Waals surface area contributed by atoms with E-state index in [2.05, 4.69) is 10.2 Å². The highest BCUT2D eigenvalue weighted by Gasteiger charge is 2.35. The Bertz CT molecular complexity index is 600. The molecule has 3 rings (SSSR count). The van der Waals surface area contributed by atoms with Crippen LogP contribution in [0.4, 0.5) is 13.2 Å². The van der Waals surface area contributed by atoms with E-state index in [4.69, 9.17) is 4.74 Å². The van der Waals surface area contributed by atoms with Crippen molar-refractivity contribution in [3.63, 3.8) is 0 Å². The van der Waals surface area contributed by atoms with Gasteiger partial charge in [-0.3, -0.25) is 9.69 Å². The quantitative estimate of drug-likeness (QED) is 0.902. The predicted molar refractivity (Wildman–Crippen MR) is 87.1 cm³/mol. The van der Waals surface area contributed by atoms with Crippen LogP contribution in [0.1, 0.15) is 30.4 Å². The van der Waals surface area contributed by atoms with Crippen LogP contribution in [-0.4, -0.2) is 49.2 Å². The first-order chi connectivity index (χ1) is 11.9. The van der Waals surface area contributed by atoms with E-state index >= 15 is 0 Å². The lowest BCUT2D eigenvalue weighted by molar-refractivity contribution is -0.137. The van der Waals surface area contributed by atoms with Gasteiger partial charge in [0.25, 0.3) is 0 Å².